The molecule has 1 saturated heterocycles. The first-order valence-corrected chi connectivity index (χ1v) is 4.53. The second kappa shape index (κ2) is 3.38. The summed E-state index contributed by atoms with van der Waals surface area (Å²) >= 11 is 0. The maximum absolute atomic E-state index is 11.7. The van der Waals surface area contributed by atoms with Gasteiger partial charge in [-0.2, -0.15) is 0 Å². The number of likely N-dealkylation sites (tertiary alicyclic amines) is 1. The number of hydrogen-bond acceptors (Lipinski definition) is 4. The van der Waals surface area contributed by atoms with Crippen LogP contribution in [0.5, 0.6) is 0 Å². The van der Waals surface area contributed by atoms with Gasteiger partial charge in [-0.3, -0.25) is 9.59 Å². The number of aryl methyl sites for hydroxylation is 1. The maximum Gasteiger partial charge on any atom is 0.310 e. The van der Waals surface area contributed by atoms with Crippen LogP contribution in [0.4, 0.5) is 0 Å². The van der Waals surface area contributed by atoms with Gasteiger partial charge in [-0.25, -0.2) is 0 Å². The van der Waals surface area contributed by atoms with Crippen molar-refractivity contribution in [3.8, 4) is 0 Å². The molecule has 0 radical (unpaired) electrons. The molecule has 15 heavy (non-hydrogen) atoms. The van der Waals surface area contributed by atoms with E-state index in [2.05, 4.69) is 5.16 Å². The van der Waals surface area contributed by atoms with Crippen molar-refractivity contribution in [1.29, 1.82) is 0 Å². The standard InChI is InChI=1S/C9H10N2O4/c1-5-2-10-15-7(5)8(12)11-3-6(4-11)9(13)14/h2,6H,3-4H2,1H3,(H,13,14). The quantitative estimate of drug-likeness (QED) is 0.750. The number of carbonyl (C=O) groups is 2. The molecule has 0 bridgehead atoms. The Morgan fingerprint density at radius 3 is 2.73 bits per heavy atom. The summed E-state index contributed by atoms with van der Waals surface area (Å²) in [6, 6.07) is 0. The number of aliphatic carboxylic acids is 1. The van der Waals surface area contributed by atoms with Gasteiger partial charge in [0.15, 0.2) is 0 Å². The second-order valence-corrected chi connectivity index (χ2v) is 3.58. The highest BCUT2D eigenvalue weighted by atomic mass is 16.5. The lowest BCUT2D eigenvalue weighted by atomic mass is 10.00. The Kier molecular flexibility index (Phi) is 2.18. The molecule has 0 aliphatic carbocycles. The van der Waals surface area contributed by atoms with Crippen LogP contribution in [0, 0.1) is 12.8 Å². The van der Waals surface area contributed by atoms with Gasteiger partial charge in [-0.1, -0.05) is 5.16 Å². The van der Waals surface area contributed by atoms with Crippen molar-refractivity contribution in [2.45, 2.75) is 6.92 Å². The lowest BCUT2D eigenvalue weighted by molar-refractivity contribution is -0.146. The van der Waals surface area contributed by atoms with Gasteiger partial charge in [0.1, 0.15) is 0 Å². The highest BCUT2D eigenvalue weighted by molar-refractivity contribution is 5.94. The van der Waals surface area contributed by atoms with Crippen LogP contribution >= 0.6 is 0 Å². The molecule has 0 unspecified atom stereocenters. The Hall–Kier alpha value is -1.85. The van der Waals surface area contributed by atoms with Gasteiger partial charge in [-0.05, 0) is 6.92 Å². The van der Waals surface area contributed by atoms with Crippen LogP contribution in [0.15, 0.2) is 10.7 Å². The Morgan fingerprint density at radius 1 is 1.60 bits per heavy atom. The van der Waals surface area contributed by atoms with Crippen LogP contribution in [0.3, 0.4) is 0 Å². The number of carbonyl (C=O) groups excluding carboxylic acids is 1. The van der Waals surface area contributed by atoms with Crippen molar-refractivity contribution in [3.05, 3.63) is 17.5 Å². The van der Waals surface area contributed by atoms with Gasteiger partial charge < -0.3 is 14.5 Å². The molecule has 0 atom stereocenters. The van der Waals surface area contributed by atoms with E-state index in [1.165, 1.54) is 11.1 Å². The summed E-state index contributed by atoms with van der Waals surface area (Å²) in [5.41, 5.74) is 0.666. The molecule has 80 valence electrons. The van der Waals surface area contributed by atoms with Gasteiger partial charge in [-0.15, -0.1) is 0 Å². The first kappa shape index (κ1) is 9.70. The predicted octanol–water partition coefficient (Wildman–Crippen LogP) is 0.140. The summed E-state index contributed by atoms with van der Waals surface area (Å²) in [7, 11) is 0. The van der Waals surface area contributed by atoms with Gasteiger partial charge >= 0.3 is 5.97 Å². The zero-order chi connectivity index (χ0) is 11.0. The molecule has 0 spiro atoms. The number of amides is 1. The maximum atomic E-state index is 11.7. The fourth-order valence-electron chi connectivity index (χ4n) is 1.44. The summed E-state index contributed by atoms with van der Waals surface area (Å²) in [6.07, 6.45) is 1.46. The monoisotopic (exact) mass is 210 g/mol. The average molecular weight is 210 g/mol. The number of carboxylic acids is 1. The van der Waals surface area contributed by atoms with E-state index >= 15 is 0 Å². The van der Waals surface area contributed by atoms with E-state index in [1.54, 1.807) is 6.92 Å². The molecular weight excluding hydrogens is 200 g/mol. The van der Waals surface area contributed by atoms with Crippen molar-refractivity contribution in [2.24, 2.45) is 5.92 Å². The van der Waals surface area contributed by atoms with Crippen molar-refractivity contribution >= 4 is 11.9 Å². The molecule has 1 fully saturated rings. The molecule has 1 aliphatic heterocycles. The van der Waals surface area contributed by atoms with E-state index in [1.807, 2.05) is 0 Å². The topological polar surface area (TPSA) is 83.6 Å². The Morgan fingerprint density at radius 2 is 2.27 bits per heavy atom. The highest BCUT2D eigenvalue weighted by Gasteiger charge is 2.37. The van der Waals surface area contributed by atoms with Gasteiger partial charge in [0.2, 0.25) is 5.76 Å². The Labute approximate surface area is 85.5 Å². The molecular formula is C9H10N2O4. The largest absolute Gasteiger partial charge is 0.481 e. The van der Waals surface area contributed by atoms with Crippen LogP contribution in [-0.4, -0.2) is 40.1 Å². The summed E-state index contributed by atoms with van der Waals surface area (Å²) in [5.74, 6) is -1.41. The van der Waals surface area contributed by atoms with Crippen LogP contribution in [0.2, 0.25) is 0 Å². The second-order valence-electron chi connectivity index (χ2n) is 3.58. The number of rotatable bonds is 2. The third-order valence-corrected chi connectivity index (χ3v) is 2.46. The van der Waals surface area contributed by atoms with Crippen molar-refractivity contribution in [2.75, 3.05) is 13.1 Å². The molecule has 6 heteroatoms. The third-order valence-electron chi connectivity index (χ3n) is 2.46. The molecule has 1 N–H and O–H groups in total. The predicted molar refractivity (Wildman–Crippen MR) is 48.3 cm³/mol. The zero-order valence-corrected chi connectivity index (χ0v) is 8.14. The van der Waals surface area contributed by atoms with E-state index < -0.39 is 11.9 Å². The smallest absolute Gasteiger partial charge is 0.310 e. The minimum Gasteiger partial charge on any atom is -0.481 e. The van der Waals surface area contributed by atoms with Gasteiger partial charge in [0.05, 0.1) is 12.1 Å². The molecule has 0 saturated carbocycles. The van der Waals surface area contributed by atoms with Crippen LogP contribution in [0.1, 0.15) is 16.1 Å². The number of nitrogens with zero attached hydrogens (tertiary/aromatic N) is 2. The lowest BCUT2D eigenvalue weighted by Crippen LogP contribution is -2.53. The summed E-state index contributed by atoms with van der Waals surface area (Å²) in [6.45, 7) is 2.21. The van der Waals surface area contributed by atoms with E-state index in [0.29, 0.717) is 5.56 Å². The molecule has 1 aromatic heterocycles. The highest BCUT2D eigenvalue weighted by Crippen LogP contribution is 2.20. The third kappa shape index (κ3) is 1.58. The molecule has 0 aromatic carbocycles. The zero-order valence-electron chi connectivity index (χ0n) is 8.14. The van der Waals surface area contributed by atoms with Crippen molar-refractivity contribution in [1.82, 2.24) is 10.1 Å². The molecule has 6 nitrogen and oxygen atoms in total. The fraction of sp³-hybridized carbons (Fsp3) is 0.444. The first-order chi connectivity index (χ1) is 7.09. The minimum atomic E-state index is -0.867. The molecule has 2 heterocycles. The fourth-order valence-corrected chi connectivity index (χ4v) is 1.44. The Bertz CT molecular complexity index is 406. The number of carboxylic acid groups (broad SMARTS) is 1. The lowest BCUT2D eigenvalue weighted by Gasteiger charge is -2.35. The summed E-state index contributed by atoms with van der Waals surface area (Å²) in [4.78, 5) is 23.6. The van der Waals surface area contributed by atoms with Crippen LogP contribution < -0.4 is 0 Å². The van der Waals surface area contributed by atoms with Crippen molar-refractivity contribution < 1.29 is 19.2 Å². The minimum absolute atomic E-state index is 0.193. The van der Waals surface area contributed by atoms with Gasteiger partial charge in [0.25, 0.3) is 5.91 Å². The summed E-state index contributed by atoms with van der Waals surface area (Å²) < 4.78 is 4.79. The van der Waals surface area contributed by atoms with E-state index in [4.69, 9.17) is 9.63 Å². The van der Waals surface area contributed by atoms with E-state index in [9.17, 15) is 9.59 Å². The van der Waals surface area contributed by atoms with Gasteiger partial charge in [0, 0.05) is 18.7 Å². The normalized spacial score (nSPS) is 16.2. The first-order valence-electron chi connectivity index (χ1n) is 4.53. The molecule has 1 aromatic rings. The Balaban J connectivity index is 2.01. The van der Waals surface area contributed by atoms with Crippen LogP contribution in [-0.2, 0) is 4.79 Å². The number of hydrogen-bond donors (Lipinski definition) is 1. The van der Waals surface area contributed by atoms with E-state index in [0.717, 1.165) is 0 Å². The average Bonchev–Trinajstić information content (AvgIpc) is 2.47. The van der Waals surface area contributed by atoms with Crippen molar-refractivity contribution in [3.63, 3.8) is 0 Å². The summed E-state index contributed by atoms with van der Waals surface area (Å²) in [5, 5.41) is 12.1. The molecule has 1 aliphatic rings. The molecule has 1 amide bonds. The SMILES string of the molecule is Cc1cnoc1C(=O)N1CC(C(=O)O)C1. The molecule has 2 rings (SSSR count). The number of aromatic nitrogens is 1. The van der Waals surface area contributed by atoms with Crippen LogP contribution in [0.25, 0.3) is 0 Å². The van der Waals surface area contributed by atoms with E-state index in [-0.39, 0.29) is 24.8 Å².